The molecule has 1 fully saturated rings. The second-order valence-electron chi connectivity index (χ2n) is 6.84. The minimum atomic E-state index is -0.378. The molecule has 1 heterocycles. The zero-order chi connectivity index (χ0) is 20.8. The summed E-state index contributed by atoms with van der Waals surface area (Å²) in [6.45, 7) is 1.44. The monoisotopic (exact) mass is 433 g/mol. The molecule has 6 nitrogen and oxygen atoms in total. The first-order valence-electron chi connectivity index (χ1n) is 9.26. The fourth-order valence-electron chi connectivity index (χ4n) is 3.15. The van der Waals surface area contributed by atoms with E-state index in [0.29, 0.717) is 28.7 Å². The molecule has 0 saturated carbocycles. The number of carbonyl (C=O) groups excluding carboxylic acids is 3. The number of likely N-dealkylation sites (tertiary alicyclic amines) is 1. The number of hydrogen-bond acceptors (Lipinski definition) is 3. The summed E-state index contributed by atoms with van der Waals surface area (Å²) < 4.78 is 0. The van der Waals surface area contributed by atoms with Gasteiger partial charge < -0.3 is 15.5 Å². The predicted molar refractivity (Wildman–Crippen MR) is 112 cm³/mol. The minimum Gasteiger partial charge on any atom is -0.354 e. The minimum absolute atomic E-state index is 0.0260. The highest BCUT2D eigenvalue weighted by Gasteiger charge is 2.33. The Morgan fingerprint density at radius 3 is 2.45 bits per heavy atom. The third-order valence-corrected chi connectivity index (χ3v) is 5.43. The summed E-state index contributed by atoms with van der Waals surface area (Å²) in [5, 5.41) is 6.17. The van der Waals surface area contributed by atoms with Crippen LogP contribution in [0.2, 0.25) is 10.0 Å². The van der Waals surface area contributed by atoms with Gasteiger partial charge in [-0.25, -0.2) is 0 Å². The summed E-state index contributed by atoms with van der Waals surface area (Å²) in [7, 11) is 0. The van der Waals surface area contributed by atoms with Gasteiger partial charge >= 0.3 is 0 Å². The molecule has 2 aromatic carbocycles. The van der Waals surface area contributed by atoms with Gasteiger partial charge in [-0.15, -0.1) is 0 Å². The molecule has 3 rings (SSSR count). The molecule has 0 bridgehead atoms. The number of rotatable bonds is 7. The van der Waals surface area contributed by atoms with E-state index in [1.54, 1.807) is 17.0 Å². The van der Waals surface area contributed by atoms with Crippen LogP contribution in [0.25, 0.3) is 0 Å². The molecule has 1 unspecified atom stereocenters. The number of hydrogen-bond donors (Lipinski definition) is 2. The Morgan fingerprint density at radius 2 is 1.72 bits per heavy atom. The SMILES string of the molecule is O=C(NCCNC(=O)C1CC(=O)N(Cc2ccccc2)C1)c1ccc(Cl)c(Cl)c1. The highest BCUT2D eigenvalue weighted by atomic mass is 35.5. The van der Waals surface area contributed by atoms with E-state index in [4.69, 9.17) is 23.2 Å². The highest BCUT2D eigenvalue weighted by Crippen LogP contribution is 2.22. The Hall–Kier alpha value is -2.57. The predicted octanol–water partition coefficient (Wildman–Crippen LogP) is 2.89. The number of amides is 3. The lowest BCUT2D eigenvalue weighted by atomic mass is 10.1. The fraction of sp³-hybridized carbons (Fsp3) is 0.286. The average Bonchev–Trinajstić information content (AvgIpc) is 3.08. The van der Waals surface area contributed by atoms with Crippen LogP contribution >= 0.6 is 23.2 Å². The summed E-state index contributed by atoms with van der Waals surface area (Å²) in [4.78, 5) is 38.3. The van der Waals surface area contributed by atoms with Gasteiger partial charge in [-0.05, 0) is 23.8 Å². The van der Waals surface area contributed by atoms with Gasteiger partial charge in [0.05, 0.1) is 16.0 Å². The maximum Gasteiger partial charge on any atom is 0.251 e. The van der Waals surface area contributed by atoms with Gasteiger partial charge in [0.1, 0.15) is 0 Å². The van der Waals surface area contributed by atoms with Gasteiger partial charge in [0.25, 0.3) is 5.91 Å². The molecular formula is C21H21Cl2N3O3. The summed E-state index contributed by atoms with van der Waals surface area (Å²) in [6, 6.07) is 14.3. The highest BCUT2D eigenvalue weighted by molar-refractivity contribution is 6.42. The lowest BCUT2D eigenvalue weighted by Gasteiger charge is -2.16. The van der Waals surface area contributed by atoms with Crippen molar-refractivity contribution >= 4 is 40.9 Å². The Labute approximate surface area is 179 Å². The van der Waals surface area contributed by atoms with Gasteiger partial charge in [-0.3, -0.25) is 14.4 Å². The Bertz CT molecular complexity index is 905. The van der Waals surface area contributed by atoms with Crippen LogP contribution in [0.3, 0.4) is 0 Å². The fourth-order valence-corrected chi connectivity index (χ4v) is 3.45. The van der Waals surface area contributed by atoms with Crippen LogP contribution in [0.5, 0.6) is 0 Å². The quantitative estimate of drug-likeness (QED) is 0.658. The van der Waals surface area contributed by atoms with E-state index in [0.717, 1.165) is 5.56 Å². The molecule has 8 heteroatoms. The van der Waals surface area contributed by atoms with Crippen LogP contribution in [0.4, 0.5) is 0 Å². The molecule has 2 aromatic rings. The van der Waals surface area contributed by atoms with Crippen LogP contribution < -0.4 is 10.6 Å². The van der Waals surface area contributed by atoms with Gasteiger partial charge in [0.2, 0.25) is 11.8 Å². The first-order valence-corrected chi connectivity index (χ1v) is 10.0. The van der Waals surface area contributed by atoms with Gasteiger partial charge in [0, 0.05) is 38.2 Å². The number of halogens is 2. The molecule has 29 heavy (non-hydrogen) atoms. The Kier molecular flexibility index (Phi) is 7.12. The van der Waals surface area contributed by atoms with E-state index >= 15 is 0 Å². The van der Waals surface area contributed by atoms with Crippen LogP contribution in [0.15, 0.2) is 48.5 Å². The Morgan fingerprint density at radius 1 is 1.00 bits per heavy atom. The zero-order valence-corrected chi connectivity index (χ0v) is 17.2. The summed E-state index contributed by atoms with van der Waals surface area (Å²) in [6.07, 6.45) is 0.203. The first-order chi connectivity index (χ1) is 13.9. The normalized spacial score (nSPS) is 16.0. The molecule has 1 aliphatic heterocycles. The molecule has 3 amide bonds. The third-order valence-electron chi connectivity index (χ3n) is 4.69. The van der Waals surface area contributed by atoms with E-state index in [9.17, 15) is 14.4 Å². The molecule has 152 valence electrons. The number of nitrogens with zero attached hydrogens (tertiary/aromatic N) is 1. The molecule has 0 aliphatic carbocycles. The summed E-state index contributed by atoms with van der Waals surface area (Å²) in [5.41, 5.74) is 1.43. The molecule has 0 aromatic heterocycles. The number of nitrogens with one attached hydrogen (secondary N) is 2. The van der Waals surface area contributed by atoms with Gasteiger partial charge in [-0.2, -0.15) is 0 Å². The van der Waals surface area contributed by atoms with Crippen molar-refractivity contribution in [2.75, 3.05) is 19.6 Å². The van der Waals surface area contributed by atoms with E-state index in [2.05, 4.69) is 10.6 Å². The van der Waals surface area contributed by atoms with Crippen LogP contribution in [-0.4, -0.2) is 42.3 Å². The summed E-state index contributed by atoms with van der Waals surface area (Å²) in [5.74, 6) is -0.889. The van der Waals surface area contributed by atoms with E-state index in [1.165, 1.54) is 6.07 Å². The van der Waals surface area contributed by atoms with E-state index in [1.807, 2.05) is 30.3 Å². The maximum absolute atomic E-state index is 12.4. The molecule has 1 atom stereocenters. The van der Waals surface area contributed by atoms with Crippen molar-refractivity contribution in [2.24, 2.45) is 5.92 Å². The third kappa shape index (κ3) is 5.71. The topological polar surface area (TPSA) is 78.5 Å². The average molecular weight is 434 g/mol. The maximum atomic E-state index is 12.4. The lowest BCUT2D eigenvalue weighted by Crippen LogP contribution is -2.38. The summed E-state index contributed by atoms with van der Waals surface area (Å²) >= 11 is 11.7. The lowest BCUT2D eigenvalue weighted by molar-refractivity contribution is -0.129. The van der Waals surface area contributed by atoms with Crippen molar-refractivity contribution in [3.05, 3.63) is 69.7 Å². The molecule has 1 saturated heterocycles. The zero-order valence-electron chi connectivity index (χ0n) is 15.7. The van der Waals surface area contributed by atoms with Crippen molar-refractivity contribution in [2.45, 2.75) is 13.0 Å². The van der Waals surface area contributed by atoms with Gasteiger partial charge in [-0.1, -0.05) is 53.5 Å². The van der Waals surface area contributed by atoms with Crippen LogP contribution in [0, 0.1) is 5.92 Å². The molecule has 1 aliphatic rings. The second kappa shape index (κ2) is 9.76. The largest absolute Gasteiger partial charge is 0.354 e. The molecule has 0 radical (unpaired) electrons. The van der Waals surface area contributed by atoms with Crippen molar-refractivity contribution in [3.63, 3.8) is 0 Å². The Balaban J connectivity index is 1.41. The number of benzene rings is 2. The molecular weight excluding hydrogens is 413 g/mol. The number of carbonyl (C=O) groups is 3. The second-order valence-corrected chi connectivity index (χ2v) is 7.65. The van der Waals surface area contributed by atoms with Crippen molar-refractivity contribution in [1.82, 2.24) is 15.5 Å². The van der Waals surface area contributed by atoms with E-state index in [-0.39, 0.29) is 43.1 Å². The van der Waals surface area contributed by atoms with Crippen molar-refractivity contribution in [1.29, 1.82) is 0 Å². The standard InChI is InChI=1S/C21H21Cl2N3O3/c22-17-7-6-15(10-18(17)23)20(28)24-8-9-25-21(29)16-11-19(27)26(13-16)12-14-4-2-1-3-5-14/h1-7,10,16H,8-9,11-13H2,(H,24,28)(H,25,29). The molecule has 2 N–H and O–H groups in total. The van der Waals surface area contributed by atoms with Crippen molar-refractivity contribution in [3.8, 4) is 0 Å². The van der Waals surface area contributed by atoms with Gasteiger partial charge in [0.15, 0.2) is 0 Å². The molecule has 0 spiro atoms. The smallest absolute Gasteiger partial charge is 0.251 e. The van der Waals surface area contributed by atoms with E-state index < -0.39 is 0 Å². The van der Waals surface area contributed by atoms with Crippen LogP contribution in [-0.2, 0) is 16.1 Å². The van der Waals surface area contributed by atoms with Crippen molar-refractivity contribution < 1.29 is 14.4 Å². The van der Waals surface area contributed by atoms with Crippen LogP contribution in [0.1, 0.15) is 22.3 Å². The first kappa shape index (κ1) is 21.1.